The normalized spacial score (nSPS) is 11.9. The average Bonchev–Trinajstić information content (AvgIpc) is 3.86. The van der Waals surface area contributed by atoms with E-state index in [-0.39, 0.29) is 0 Å². The largest absolute Gasteiger partial charge is 0.309 e. The van der Waals surface area contributed by atoms with Crippen molar-refractivity contribution in [1.29, 1.82) is 0 Å². The van der Waals surface area contributed by atoms with Gasteiger partial charge in [-0.05, 0) is 82.9 Å². The monoisotopic (exact) mass is 666 g/mol. The third-order valence-corrected chi connectivity index (χ3v) is 11.7. The summed E-state index contributed by atoms with van der Waals surface area (Å²) < 4.78 is 7.54. The van der Waals surface area contributed by atoms with Crippen molar-refractivity contribution in [3.63, 3.8) is 0 Å². The highest BCUT2D eigenvalue weighted by Crippen LogP contribution is 2.44. The van der Waals surface area contributed by atoms with Gasteiger partial charge in [0.1, 0.15) is 0 Å². The SMILES string of the molecule is c1ccc(-c2ccc3c(c2)c2c4c5ccccc5n(-c5ccc(-c6cccc7c6sc6ccccc67)cc5)c4ccc2n3-c2ccccc2)cc1. The van der Waals surface area contributed by atoms with Crippen molar-refractivity contribution in [2.45, 2.75) is 0 Å². The molecule has 238 valence electrons. The molecule has 0 radical (unpaired) electrons. The number of aromatic nitrogens is 2. The summed E-state index contributed by atoms with van der Waals surface area (Å²) in [4.78, 5) is 0. The van der Waals surface area contributed by atoms with Gasteiger partial charge in [0.15, 0.2) is 0 Å². The molecule has 0 amide bonds. The molecule has 0 atom stereocenters. The number of fused-ring (bicyclic) bond motifs is 10. The van der Waals surface area contributed by atoms with Crippen LogP contribution in [0.4, 0.5) is 0 Å². The van der Waals surface area contributed by atoms with E-state index in [9.17, 15) is 0 Å². The van der Waals surface area contributed by atoms with Crippen LogP contribution in [0, 0.1) is 0 Å². The molecular weight excluding hydrogens is 637 g/mol. The average molecular weight is 667 g/mol. The Morgan fingerprint density at radius 3 is 1.69 bits per heavy atom. The molecule has 0 N–H and O–H groups in total. The molecule has 3 aromatic heterocycles. The summed E-state index contributed by atoms with van der Waals surface area (Å²) >= 11 is 1.88. The van der Waals surface area contributed by atoms with Crippen molar-refractivity contribution >= 4 is 75.1 Å². The van der Waals surface area contributed by atoms with Crippen LogP contribution in [0.15, 0.2) is 182 Å². The minimum Gasteiger partial charge on any atom is -0.309 e. The van der Waals surface area contributed by atoms with Gasteiger partial charge in [0.05, 0.1) is 22.1 Å². The van der Waals surface area contributed by atoms with E-state index in [1.165, 1.54) is 86.0 Å². The van der Waals surface area contributed by atoms with Crippen molar-refractivity contribution in [3.8, 4) is 33.6 Å². The molecule has 2 nitrogen and oxygen atoms in total. The Balaban J connectivity index is 1.16. The molecule has 8 aromatic carbocycles. The number of hydrogen-bond donors (Lipinski definition) is 0. The maximum absolute atomic E-state index is 2.45. The zero-order valence-electron chi connectivity index (χ0n) is 27.6. The van der Waals surface area contributed by atoms with Gasteiger partial charge in [-0.25, -0.2) is 0 Å². The fourth-order valence-corrected chi connectivity index (χ4v) is 9.52. The standard InChI is InChI=1S/C48H30N2S/c1-3-12-31(13-4-1)33-24-27-42-40(30-33)47-44(49(42)34-14-5-2-6-15-34)29-28-43-46(47)39-17-7-9-20-41(39)50(43)35-25-22-32(23-26-35)36-18-11-19-38-37-16-8-10-21-45(37)51-48(36)38/h1-30H. The third-order valence-electron chi connectivity index (χ3n) is 10.5. The highest BCUT2D eigenvalue weighted by atomic mass is 32.1. The lowest BCUT2D eigenvalue weighted by Crippen LogP contribution is -1.95. The van der Waals surface area contributed by atoms with Crippen molar-refractivity contribution < 1.29 is 0 Å². The summed E-state index contributed by atoms with van der Waals surface area (Å²) in [6.45, 7) is 0. The Morgan fingerprint density at radius 1 is 0.333 bits per heavy atom. The molecule has 0 fully saturated rings. The zero-order chi connectivity index (χ0) is 33.5. The predicted octanol–water partition coefficient (Wildman–Crippen LogP) is 13.6. The second-order valence-corrected chi connectivity index (χ2v) is 14.4. The molecule has 0 spiro atoms. The molecule has 0 saturated carbocycles. The predicted molar refractivity (Wildman–Crippen MR) is 219 cm³/mol. The fourth-order valence-electron chi connectivity index (χ4n) is 8.28. The van der Waals surface area contributed by atoms with E-state index < -0.39 is 0 Å². The van der Waals surface area contributed by atoms with Gasteiger partial charge in [0.2, 0.25) is 0 Å². The number of benzene rings is 8. The smallest absolute Gasteiger partial charge is 0.0548 e. The summed E-state index contributed by atoms with van der Waals surface area (Å²) in [5, 5.41) is 7.75. The van der Waals surface area contributed by atoms with Crippen LogP contribution in [0.1, 0.15) is 0 Å². The first-order valence-corrected chi connectivity index (χ1v) is 18.3. The third kappa shape index (κ3) is 4.22. The summed E-state index contributed by atoms with van der Waals surface area (Å²) in [7, 11) is 0. The van der Waals surface area contributed by atoms with E-state index in [1.807, 2.05) is 11.3 Å². The van der Waals surface area contributed by atoms with Gasteiger partial charge < -0.3 is 9.13 Å². The van der Waals surface area contributed by atoms with Crippen molar-refractivity contribution in [2.24, 2.45) is 0 Å². The van der Waals surface area contributed by atoms with E-state index in [4.69, 9.17) is 0 Å². The Morgan fingerprint density at radius 2 is 0.902 bits per heavy atom. The van der Waals surface area contributed by atoms with Gasteiger partial charge in [-0.3, -0.25) is 0 Å². The van der Waals surface area contributed by atoms with Crippen LogP contribution in [0.3, 0.4) is 0 Å². The van der Waals surface area contributed by atoms with Gasteiger partial charge in [-0.1, -0.05) is 121 Å². The minimum absolute atomic E-state index is 1.16. The number of hydrogen-bond acceptors (Lipinski definition) is 1. The van der Waals surface area contributed by atoms with Crippen molar-refractivity contribution in [3.05, 3.63) is 182 Å². The van der Waals surface area contributed by atoms with Crippen molar-refractivity contribution in [1.82, 2.24) is 9.13 Å². The van der Waals surface area contributed by atoms with E-state index in [2.05, 4.69) is 191 Å². The van der Waals surface area contributed by atoms with Crippen LogP contribution >= 0.6 is 11.3 Å². The molecule has 0 bridgehead atoms. The molecule has 0 aliphatic heterocycles. The van der Waals surface area contributed by atoms with Crippen LogP contribution in [0.2, 0.25) is 0 Å². The number of thiophene rings is 1. The van der Waals surface area contributed by atoms with Crippen LogP contribution in [-0.4, -0.2) is 9.13 Å². The molecule has 3 heterocycles. The lowest BCUT2D eigenvalue weighted by molar-refractivity contribution is 1.17. The Bertz CT molecular complexity index is 3110. The molecule has 11 aromatic rings. The summed E-state index contributed by atoms with van der Waals surface area (Å²) in [5.41, 5.74) is 12.1. The Kier molecular flexibility index (Phi) is 6.16. The lowest BCUT2D eigenvalue weighted by Gasteiger charge is -2.10. The molecule has 0 aliphatic rings. The maximum atomic E-state index is 2.45. The molecule has 0 saturated heterocycles. The van der Waals surface area contributed by atoms with Gasteiger partial charge in [-0.15, -0.1) is 11.3 Å². The van der Waals surface area contributed by atoms with Gasteiger partial charge in [-0.2, -0.15) is 0 Å². The first kappa shape index (κ1) is 28.4. The highest BCUT2D eigenvalue weighted by molar-refractivity contribution is 7.26. The number of para-hydroxylation sites is 2. The van der Waals surface area contributed by atoms with Crippen LogP contribution in [0.25, 0.3) is 97.4 Å². The Hall–Kier alpha value is -6.42. The topological polar surface area (TPSA) is 9.86 Å². The summed E-state index contributed by atoms with van der Waals surface area (Å²) in [6, 6.07) is 66.5. The molecule has 0 unspecified atom stereocenters. The number of rotatable bonds is 4. The minimum atomic E-state index is 1.16. The molecular formula is C48H30N2S. The van der Waals surface area contributed by atoms with E-state index >= 15 is 0 Å². The van der Waals surface area contributed by atoms with E-state index in [0.717, 1.165) is 11.4 Å². The summed E-state index contributed by atoms with van der Waals surface area (Å²) in [6.07, 6.45) is 0. The van der Waals surface area contributed by atoms with Crippen LogP contribution in [-0.2, 0) is 0 Å². The molecule has 51 heavy (non-hydrogen) atoms. The molecule has 11 rings (SSSR count). The van der Waals surface area contributed by atoms with E-state index in [0.29, 0.717) is 0 Å². The molecule has 3 heteroatoms. The maximum Gasteiger partial charge on any atom is 0.0548 e. The first-order valence-electron chi connectivity index (χ1n) is 17.4. The second-order valence-electron chi connectivity index (χ2n) is 13.3. The first-order chi connectivity index (χ1) is 25.3. The van der Waals surface area contributed by atoms with E-state index in [1.54, 1.807) is 0 Å². The quantitative estimate of drug-likeness (QED) is 0.177. The van der Waals surface area contributed by atoms with Crippen LogP contribution < -0.4 is 0 Å². The van der Waals surface area contributed by atoms with Gasteiger partial charge >= 0.3 is 0 Å². The Labute approximate surface area is 298 Å². The molecule has 0 aliphatic carbocycles. The van der Waals surface area contributed by atoms with Gasteiger partial charge in [0.25, 0.3) is 0 Å². The fraction of sp³-hybridized carbons (Fsp3) is 0. The van der Waals surface area contributed by atoms with Crippen LogP contribution in [0.5, 0.6) is 0 Å². The van der Waals surface area contributed by atoms with Gasteiger partial charge in [0, 0.05) is 53.1 Å². The number of nitrogens with zero attached hydrogens (tertiary/aromatic N) is 2. The second kappa shape index (κ2) is 11.0. The van der Waals surface area contributed by atoms with Crippen molar-refractivity contribution in [2.75, 3.05) is 0 Å². The highest BCUT2D eigenvalue weighted by Gasteiger charge is 2.21. The summed E-state index contributed by atoms with van der Waals surface area (Å²) in [5.74, 6) is 0. The zero-order valence-corrected chi connectivity index (χ0v) is 28.4. The lowest BCUT2D eigenvalue weighted by atomic mass is 10.0.